The topological polar surface area (TPSA) is 96.4 Å². The summed E-state index contributed by atoms with van der Waals surface area (Å²) in [6.07, 6.45) is 4.88. The van der Waals surface area contributed by atoms with E-state index < -0.39 is 47.5 Å². The minimum Gasteiger partial charge on any atom is -0.465 e. The van der Waals surface area contributed by atoms with Gasteiger partial charge in [0.25, 0.3) is 5.91 Å². The Bertz CT molecular complexity index is 1150. The number of aliphatic hydroxyl groups excluding tert-OH is 1. The van der Waals surface area contributed by atoms with Crippen LogP contribution in [0.25, 0.3) is 0 Å². The highest BCUT2D eigenvalue weighted by Gasteiger charge is 2.77. The summed E-state index contributed by atoms with van der Waals surface area (Å²) in [5.41, 5.74) is -0.796. The first-order valence-electron chi connectivity index (χ1n) is 13.8. The number of unbranched alkanes of at least 4 members (excludes halogenated alkanes) is 1. The molecule has 10 heteroatoms. The molecule has 3 fully saturated rings. The van der Waals surface area contributed by atoms with E-state index >= 15 is 0 Å². The van der Waals surface area contributed by atoms with E-state index in [0.29, 0.717) is 36.4 Å². The maximum Gasteiger partial charge on any atom is 0.312 e. The van der Waals surface area contributed by atoms with Crippen molar-refractivity contribution in [2.75, 3.05) is 24.7 Å². The molecule has 7 atom stereocenters. The molecule has 1 aromatic carbocycles. The molecule has 1 N–H and O–H groups in total. The molecule has 3 aliphatic rings. The van der Waals surface area contributed by atoms with Crippen molar-refractivity contribution in [3.05, 3.63) is 54.6 Å². The lowest BCUT2D eigenvalue weighted by molar-refractivity contribution is -0.155. The van der Waals surface area contributed by atoms with Crippen molar-refractivity contribution in [2.45, 2.75) is 68.1 Å². The number of esters is 1. The average Bonchev–Trinajstić information content (AvgIpc) is 3.51. The largest absolute Gasteiger partial charge is 0.465 e. The Hall–Kier alpha value is -2.20. The SMILES string of the molecule is C=CCCCOC(=O)[C@H]1[C@H]2C(=O)N([C@@H](CO)CC(C)C)C(C(=O)N(CC=C)c3ccccc3Cl)C23CC(Br)[C@@H]1O3. The van der Waals surface area contributed by atoms with E-state index in [-0.39, 0.29) is 36.4 Å². The summed E-state index contributed by atoms with van der Waals surface area (Å²) in [6, 6.07) is 5.26. The van der Waals surface area contributed by atoms with Gasteiger partial charge in [-0.05, 0) is 43.7 Å². The number of ether oxygens (including phenoxy) is 2. The van der Waals surface area contributed by atoms with Crippen molar-refractivity contribution in [2.24, 2.45) is 17.8 Å². The van der Waals surface area contributed by atoms with Gasteiger partial charge >= 0.3 is 5.97 Å². The normalized spacial score (nSPS) is 29.4. The number of amides is 2. The number of anilines is 1. The molecular weight excluding hydrogens is 600 g/mol. The van der Waals surface area contributed by atoms with E-state index in [2.05, 4.69) is 29.1 Å². The quantitative estimate of drug-likeness (QED) is 0.148. The molecule has 4 rings (SSSR count). The first-order chi connectivity index (χ1) is 19.1. The number of aliphatic hydroxyl groups is 1. The lowest BCUT2D eigenvalue weighted by Gasteiger charge is -2.40. The maximum absolute atomic E-state index is 14.6. The number of likely N-dealkylation sites (tertiary alicyclic amines) is 1. The van der Waals surface area contributed by atoms with Crippen molar-refractivity contribution < 1.29 is 29.0 Å². The van der Waals surface area contributed by atoms with E-state index in [0.717, 1.165) is 0 Å². The molecule has 218 valence electrons. The van der Waals surface area contributed by atoms with E-state index in [4.69, 9.17) is 21.1 Å². The Kier molecular flexibility index (Phi) is 9.81. The number of para-hydroxylation sites is 1. The highest BCUT2D eigenvalue weighted by Crippen LogP contribution is 2.61. The maximum atomic E-state index is 14.6. The van der Waals surface area contributed by atoms with Crippen LogP contribution >= 0.6 is 27.5 Å². The monoisotopic (exact) mass is 636 g/mol. The molecule has 3 saturated heterocycles. The standard InChI is InChI=1S/C30H38BrClN2O6/c1-5-7-10-14-39-29(38)23-24-27(36)34(19(17-35)15-18(3)4)26(30(24)16-20(31)25(23)40-30)28(37)33(13-6-2)22-12-9-8-11-21(22)32/h5-6,8-9,11-12,18-20,23-26,35H,1-2,7,10,13-17H2,3-4H3/t19-,20?,23+,24+,25+,26?,30?/m1/s1. The van der Waals surface area contributed by atoms with Gasteiger partial charge in [0.1, 0.15) is 11.6 Å². The van der Waals surface area contributed by atoms with E-state index in [1.165, 1.54) is 9.80 Å². The van der Waals surface area contributed by atoms with Crippen LogP contribution in [0.1, 0.15) is 39.5 Å². The molecule has 8 nitrogen and oxygen atoms in total. The fraction of sp³-hybridized carbons (Fsp3) is 0.567. The van der Waals surface area contributed by atoms with E-state index in [1.807, 2.05) is 13.8 Å². The second kappa shape index (κ2) is 12.8. The highest BCUT2D eigenvalue weighted by atomic mass is 79.9. The second-order valence-corrected chi connectivity index (χ2v) is 12.7. The molecule has 0 aromatic heterocycles. The zero-order valence-corrected chi connectivity index (χ0v) is 25.4. The molecule has 2 amide bonds. The van der Waals surface area contributed by atoms with Crippen molar-refractivity contribution in [1.82, 2.24) is 4.90 Å². The van der Waals surface area contributed by atoms with E-state index in [9.17, 15) is 19.5 Å². The summed E-state index contributed by atoms with van der Waals surface area (Å²) in [6.45, 7) is 11.5. The molecule has 1 spiro atoms. The molecule has 40 heavy (non-hydrogen) atoms. The average molecular weight is 638 g/mol. The molecule has 0 aliphatic carbocycles. The summed E-state index contributed by atoms with van der Waals surface area (Å²) in [5, 5.41) is 10.8. The van der Waals surface area contributed by atoms with Crippen LogP contribution in [0.5, 0.6) is 0 Å². The minimum absolute atomic E-state index is 0.137. The van der Waals surface area contributed by atoms with Crippen LogP contribution in [0, 0.1) is 17.8 Å². The number of halogens is 2. The summed E-state index contributed by atoms with van der Waals surface area (Å²) in [4.78, 5) is 45.1. The third-order valence-corrected chi connectivity index (χ3v) is 9.26. The number of fused-ring (bicyclic) bond motifs is 1. The molecule has 3 unspecified atom stereocenters. The van der Waals surface area contributed by atoms with Crippen LogP contribution in [0.3, 0.4) is 0 Å². The van der Waals surface area contributed by atoms with Crippen molar-refractivity contribution in [3.63, 3.8) is 0 Å². The number of carbonyl (C=O) groups is 3. The van der Waals surface area contributed by atoms with Gasteiger partial charge in [-0.25, -0.2) is 0 Å². The Morgan fingerprint density at radius 2 is 2.05 bits per heavy atom. The number of alkyl halides is 1. The van der Waals surface area contributed by atoms with Crippen LogP contribution in [0.4, 0.5) is 5.69 Å². The predicted molar refractivity (Wildman–Crippen MR) is 157 cm³/mol. The Morgan fingerprint density at radius 1 is 1.32 bits per heavy atom. The highest BCUT2D eigenvalue weighted by molar-refractivity contribution is 9.09. The second-order valence-electron chi connectivity index (χ2n) is 11.2. The summed E-state index contributed by atoms with van der Waals surface area (Å²) in [7, 11) is 0. The van der Waals surface area contributed by atoms with Crippen molar-refractivity contribution in [1.29, 1.82) is 0 Å². The zero-order chi connectivity index (χ0) is 29.2. The van der Waals surface area contributed by atoms with Crippen molar-refractivity contribution >= 4 is 51.0 Å². The molecule has 3 heterocycles. The smallest absolute Gasteiger partial charge is 0.312 e. The first kappa shape index (κ1) is 30.8. The van der Waals surface area contributed by atoms with Crippen LogP contribution in [0.2, 0.25) is 5.02 Å². The third kappa shape index (κ3) is 5.38. The number of benzene rings is 1. The lowest BCUT2D eigenvalue weighted by atomic mass is 9.70. The van der Waals surface area contributed by atoms with Gasteiger partial charge in [-0.1, -0.05) is 65.7 Å². The van der Waals surface area contributed by atoms with Gasteiger partial charge in [0.15, 0.2) is 0 Å². The summed E-state index contributed by atoms with van der Waals surface area (Å²) < 4.78 is 12.2. The van der Waals surface area contributed by atoms with Gasteiger partial charge < -0.3 is 24.4 Å². The number of allylic oxidation sites excluding steroid dienone is 1. The van der Waals surface area contributed by atoms with Crippen LogP contribution < -0.4 is 4.90 Å². The number of hydrogen-bond acceptors (Lipinski definition) is 6. The lowest BCUT2D eigenvalue weighted by Crippen LogP contribution is -2.59. The molecular formula is C30H38BrClN2O6. The molecule has 3 aliphatic heterocycles. The van der Waals surface area contributed by atoms with Crippen molar-refractivity contribution in [3.8, 4) is 0 Å². The van der Waals surface area contributed by atoms with E-state index in [1.54, 1.807) is 36.4 Å². The van der Waals surface area contributed by atoms with Gasteiger partial charge in [-0.3, -0.25) is 14.4 Å². The first-order valence-corrected chi connectivity index (χ1v) is 15.1. The Labute approximate surface area is 249 Å². The van der Waals surface area contributed by atoms with Crippen LogP contribution in [-0.4, -0.2) is 76.2 Å². The van der Waals surface area contributed by atoms with Gasteiger partial charge in [-0.15, -0.1) is 13.2 Å². The zero-order valence-electron chi connectivity index (χ0n) is 23.0. The Morgan fingerprint density at radius 3 is 2.67 bits per heavy atom. The third-order valence-electron chi connectivity index (χ3n) is 8.10. The summed E-state index contributed by atoms with van der Waals surface area (Å²) in [5.74, 6) is -2.92. The van der Waals surface area contributed by atoms with Gasteiger partial charge in [0.2, 0.25) is 5.91 Å². The van der Waals surface area contributed by atoms with Gasteiger partial charge in [0, 0.05) is 11.4 Å². The minimum atomic E-state index is -1.27. The number of nitrogens with zero attached hydrogens (tertiary/aromatic N) is 2. The number of hydrogen-bond donors (Lipinski definition) is 1. The predicted octanol–water partition coefficient (Wildman–Crippen LogP) is 4.52. The van der Waals surface area contributed by atoms with Crippen LogP contribution in [-0.2, 0) is 23.9 Å². The number of rotatable bonds is 13. The molecule has 1 aromatic rings. The van der Waals surface area contributed by atoms with Crippen LogP contribution in [0.15, 0.2) is 49.6 Å². The molecule has 2 bridgehead atoms. The van der Waals surface area contributed by atoms with Gasteiger partial charge in [-0.2, -0.15) is 0 Å². The Balaban J connectivity index is 1.80. The molecule has 0 saturated carbocycles. The fourth-order valence-electron chi connectivity index (χ4n) is 6.58. The van der Waals surface area contributed by atoms with Gasteiger partial charge in [0.05, 0.1) is 47.9 Å². The summed E-state index contributed by atoms with van der Waals surface area (Å²) >= 11 is 10.2. The number of carbonyl (C=O) groups excluding carboxylic acids is 3. The molecule has 0 radical (unpaired) electrons. The fourth-order valence-corrected chi connectivity index (χ4v) is 7.76.